The van der Waals surface area contributed by atoms with Crippen molar-refractivity contribution in [1.29, 1.82) is 0 Å². The van der Waals surface area contributed by atoms with E-state index in [0.29, 0.717) is 6.54 Å². The third-order valence-electron chi connectivity index (χ3n) is 3.52. The molecule has 1 saturated heterocycles. The molecule has 1 aliphatic rings. The average Bonchev–Trinajstić information content (AvgIpc) is 2.34. The van der Waals surface area contributed by atoms with Gasteiger partial charge in [0.2, 0.25) is 11.8 Å². The molecule has 1 aliphatic heterocycles. The van der Waals surface area contributed by atoms with E-state index in [1.54, 1.807) is 31.9 Å². The number of nitrogens with zero attached hydrogens (tertiary/aromatic N) is 2. The van der Waals surface area contributed by atoms with Gasteiger partial charge in [0, 0.05) is 6.20 Å². The lowest BCUT2D eigenvalue weighted by molar-refractivity contribution is -0.153. The average molecular weight is 261 g/mol. The van der Waals surface area contributed by atoms with E-state index in [-0.39, 0.29) is 11.8 Å². The second-order valence-electron chi connectivity index (χ2n) is 5.49. The van der Waals surface area contributed by atoms with Crippen LogP contribution >= 0.6 is 0 Å². The molecule has 1 aromatic rings. The van der Waals surface area contributed by atoms with Gasteiger partial charge in [0.15, 0.2) is 0 Å². The summed E-state index contributed by atoms with van der Waals surface area (Å²) < 4.78 is 0. The first-order valence-electron chi connectivity index (χ1n) is 6.36. The summed E-state index contributed by atoms with van der Waals surface area (Å²) in [6.45, 7) is 7.49. The van der Waals surface area contributed by atoms with Crippen molar-refractivity contribution in [2.24, 2.45) is 0 Å². The highest BCUT2D eigenvalue weighted by Gasteiger charge is 2.43. The number of amides is 2. The van der Waals surface area contributed by atoms with Gasteiger partial charge in [0.05, 0.1) is 12.2 Å². The molecule has 2 amide bonds. The van der Waals surface area contributed by atoms with Gasteiger partial charge in [-0.05, 0) is 39.3 Å². The summed E-state index contributed by atoms with van der Waals surface area (Å²) in [6.07, 6.45) is 1.70. The summed E-state index contributed by atoms with van der Waals surface area (Å²) >= 11 is 0. The second kappa shape index (κ2) is 4.64. The molecule has 0 aromatic carbocycles. The number of pyridine rings is 1. The highest BCUT2D eigenvalue weighted by atomic mass is 16.2. The topological polar surface area (TPSA) is 62.3 Å². The van der Waals surface area contributed by atoms with Gasteiger partial charge < -0.3 is 10.2 Å². The lowest BCUT2D eigenvalue weighted by Gasteiger charge is -2.41. The van der Waals surface area contributed by atoms with E-state index in [4.69, 9.17) is 0 Å². The number of carbonyl (C=O) groups is 2. The Labute approximate surface area is 113 Å². The minimum absolute atomic E-state index is 0.0790. The minimum Gasteiger partial charge on any atom is -0.340 e. The Balaban J connectivity index is 2.29. The van der Waals surface area contributed by atoms with Crippen LogP contribution in [0.2, 0.25) is 0 Å². The van der Waals surface area contributed by atoms with Gasteiger partial charge in [-0.15, -0.1) is 0 Å². The fourth-order valence-corrected chi connectivity index (χ4v) is 2.20. The summed E-state index contributed by atoms with van der Waals surface area (Å²) in [6, 6.07) is 3.34. The Kier molecular flexibility index (Phi) is 3.30. The maximum absolute atomic E-state index is 12.4. The van der Waals surface area contributed by atoms with Crippen LogP contribution in [-0.4, -0.2) is 33.3 Å². The third-order valence-corrected chi connectivity index (χ3v) is 3.52. The summed E-state index contributed by atoms with van der Waals surface area (Å²) in [7, 11) is 0. The van der Waals surface area contributed by atoms with E-state index < -0.39 is 11.6 Å². The first-order chi connectivity index (χ1) is 8.83. The lowest BCUT2D eigenvalue weighted by atomic mass is 9.97. The van der Waals surface area contributed by atoms with E-state index in [1.807, 2.05) is 19.1 Å². The molecule has 1 aromatic heterocycles. The van der Waals surface area contributed by atoms with E-state index in [2.05, 4.69) is 10.3 Å². The number of hydrogen-bond acceptors (Lipinski definition) is 3. The number of nitrogens with one attached hydrogen (secondary N) is 1. The molecule has 2 heterocycles. The van der Waals surface area contributed by atoms with Gasteiger partial charge in [-0.1, -0.05) is 6.07 Å². The van der Waals surface area contributed by atoms with Crippen LogP contribution in [0.4, 0.5) is 0 Å². The second-order valence-corrected chi connectivity index (χ2v) is 5.49. The quantitative estimate of drug-likeness (QED) is 0.864. The largest absolute Gasteiger partial charge is 0.340 e. The highest BCUT2D eigenvalue weighted by molar-refractivity contribution is 5.99. The van der Waals surface area contributed by atoms with Crippen molar-refractivity contribution in [2.75, 3.05) is 0 Å². The van der Waals surface area contributed by atoms with Gasteiger partial charge in [-0.3, -0.25) is 14.6 Å². The van der Waals surface area contributed by atoms with Crippen LogP contribution in [0.25, 0.3) is 0 Å². The molecule has 0 bridgehead atoms. The first kappa shape index (κ1) is 13.5. The van der Waals surface area contributed by atoms with Crippen LogP contribution in [0.5, 0.6) is 0 Å². The number of aryl methyl sites for hydroxylation is 1. The number of aromatic nitrogens is 1. The number of hydrogen-bond donors (Lipinski definition) is 1. The van der Waals surface area contributed by atoms with Crippen LogP contribution in [0.1, 0.15) is 32.0 Å². The summed E-state index contributed by atoms with van der Waals surface area (Å²) in [5.74, 6) is -0.206. The number of rotatable bonds is 2. The zero-order valence-corrected chi connectivity index (χ0v) is 11.7. The van der Waals surface area contributed by atoms with Gasteiger partial charge in [0.25, 0.3) is 0 Å². The molecule has 1 atom stereocenters. The molecule has 0 aliphatic carbocycles. The lowest BCUT2D eigenvalue weighted by Crippen LogP contribution is -2.67. The van der Waals surface area contributed by atoms with Crippen LogP contribution in [0.3, 0.4) is 0 Å². The first-order valence-corrected chi connectivity index (χ1v) is 6.36. The van der Waals surface area contributed by atoms with E-state index in [1.165, 1.54) is 0 Å². The van der Waals surface area contributed by atoms with Gasteiger partial charge in [-0.25, -0.2) is 0 Å². The highest BCUT2D eigenvalue weighted by Crippen LogP contribution is 2.20. The molecule has 0 radical (unpaired) electrons. The van der Waals surface area contributed by atoms with Crippen LogP contribution < -0.4 is 5.32 Å². The normalized spacial score (nSPS) is 22.3. The molecule has 19 heavy (non-hydrogen) atoms. The maximum Gasteiger partial charge on any atom is 0.248 e. The van der Waals surface area contributed by atoms with Crippen molar-refractivity contribution in [3.05, 3.63) is 29.6 Å². The Morgan fingerprint density at radius 1 is 1.42 bits per heavy atom. The van der Waals surface area contributed by atoms with Gasteiger partial charge >= 0.3 is 0 Å². The molecule has 0 spiro atoms. The number of piperazine rings is 1. The van der Waals surface area contributed by atoms with E-state index in [9.17, 15) is 9.59 Å². The monoisotopic (exact) mass is 261 g/mol. The molecule has 5 heteroatoms. The summed E-state index contributed by atoms with van der Waals surface area (Å²) in [5, 5.41) is 2.73. The molecule has 1 fully saturated rings. The summed E-state index contributed by atoms with van der Waals surface area (Å²) in [4.78, 5) is 30.2. The minimum atomic E-state index is -0.855. The number of carbonyl (C=O) groups excluding carboxylic acids is 2. The Hall–Kier alpha value is -1.91. The van der Waals surface area contributed by atoms with Crippen LogP contribution in [-0.2, 0) is 16.1 Å². The van der Waals surface area contributed by atoms with Crippen molar-refractivity contribution in [2.45, 2.75) is 45.8 Å². The predicted octanol–water partition coefficient (Wildman–Crippen LogP) is 1.02. The van der Waals surface area contributed by atoms with Crippen molar-refractivity contribution >= 4 is 11.8 Å². The molecule has 2 rings (SSSR count). The Morgan fingerprint density at radius 3 is 2.74 bits per heavy atom. The smallest absolute Gasteiger partial charge is 0.248 e. The standard InChI is InChI=1S/C14H19N3O2/c1-9-6-5-7-15-11(9)8-17-10(2)12(18)16-14(3,4)13(17)19/h5-7,10H,8H2,1-4H3,(H,16,18). The molecular weight excluding hydrogens is 242 g/mol. The van der Waals surface area contributed by atoms with E-state index >= 15 is 0 Å². The van der Waals surface area contributed by atoms with Gasteiger partial charge in [-0.2, -0.15) is 0 Å². The van der Waals surface area contributed by atoms with Crippen molar-refractivity contribution < 1.29 is 9.59 Å². The molecule has 102 valence electrons. The zero-order chi connectivity index (χ0) is 14.2. The van der Waals surface area contributed by atoms with Crippen molar-refractivity contribution in [1.82, 2.24) is 15.2 Å². The summed E-state index contributed by atoms with van der Waals surface area (Å²) in [5.41, 5.74) is 0.992. The zero-order valence-electron chi connectivity index (χ0n) is 11.7. The maximum atomic E-state index is 12.4. The molecule has 1 unspecified atom stereocenters. The van der Waals surface area contributed by atoms with Gasteiger partial charge in [0.1, 0.15) is 11.6 Å². The molecule has 1 N–H and O–H groups in total. The van der Waals surface area contributed by atoms with Crippen molar-refractivity contribution in [3.8, 4) is 0 Å². The molecule has 0 saturated carbocycles. The fraction of sp³-hybridized carbons (Fsp3) is 0.500. The Morgan fingerprint density at radius 2 is 2.11 bits per heavy atom. The van der Waals surface area contributed by atoms with Crippen LogP contribution in [0.15, 0.2) is 18.3 Å². The van der Waals surface area contributed by atoms with Crippen LogP contribution in [0, 0.1) is 6.92 Å². The third kappa shape index (κ3) is 2.45. The molecular formula is C14H19N3O2. The van der Waals surface area contributed by atoms with E-state index in [0.717, 1.165) is 11.3 Å². The Bertz CT molecular complexity index is 525. The SMILES string of the molecule is Cc1cccnc1CN1C(=O)C(C)(C)NC(=O)C1C. The molecule has 5 nitrogen and oxygen atoms in total. The fourth-order valence-electron chi connectivity index (χ4n) is 2.20. The predicted molar refractivity (Wildman–Crippen MR) is 71.2 cm³/mol. The van der Waals surface area contributed by atoms with Crippen molar-refractivity contribution in [3.63, 3.8) is 0 Å².